The molecular weight excluding hydrogens is 336 g/mol. The van der Waals surface area contributed by atoms with E-state index in [-0.39, 0.29) is 19.4 Å². The van der Waals surface area contributed by atoms with Gasteiger partial charge in [-0.1, -0.05) is 48.5 Å². The predicted molar refractivity (Wildman–Crippen MR) is 93.1 cm³/mol. The third-order valence-corrected chi connectivity index (χ3v) is 3.58. The van der Waals surface area contributed by atoms with E-state index >= 15 is 0 Å². The number of methoxy groups -OCH3 is 1. The number of carbonyl (C=O) groups is 3. The standard InChI is InChI=1S/C20H20O6/c1-24-20(23)17(26-19(22)16-10-6-3-7-11-16)12-13-18(21)25-14-15-8-4-2-5-9-15/h2-11,17H,12-14H2,1H3/t17-/m0/s1. The second-order valence-electron chi connectivity index (χ2n) is 5.47. The number of rotatable bonds is 8. The smallest absolute Gasteiger partial charge is 0.347 e. The molecule has 6 heteroatoms. The zero-order chi connectivity index (χ0) is 18.8. The fourth-order valence-electron chi connectivity index (χ4n) is 2.19. The predicted octanol–water partition coefficient (Wildman–Crippen LogP) is 2.91. The van der Waals surface area contributed by atoms with Gasteiger partial charge in [0.05, 0.1) is 12.7 Å². The van der Waals surface area contributed by atoms with E-state index in [1.165, 1.54) is 7.11 Å². The van der Waals surface area contributed by atoms with Gasteiger partial charge in [0, 0.05) is 12.8 Å². The summed E-state index contributed by atoms with van der Waals surface area (Å²) in [6.45, 7) is 0.145. The van der Waals surface area contributed by atoms with Crippen LogP contribution in [0.1, 0.15) is 28.8 Å². The molecule has 0 spiro atoms. The van der Waals surface area contributed by atoms with Crippen molar-refractivity contribution in [3.05, 3.63) is 71.8 Å². The van der Waals surface area contributed by atoms with Crippen LogP contribution in [-0.4, -0.2) is 31.1 Å². The molecule has 2 aromatic rings. The molecule has 0 saturated heterocycles. The average Bonchev–Trinajstić information content (AvgIpc) is 2.70. The van der Waals surface area contributed by atoms with Crippen LogP contribution in [0.2, 0.25) is 0 Å². The first kappa shape index (κ1) is 19.2. The molecule has 0 bridgehead atoms. The van der Waals surface area contributed by atoms with E-state index in [9.17, 15) is 14.4 Å². The second-order valence-corrected chi connectivity index (χ2v) is 5.47. The van der Waals surface area contributed by atoms with Crippen LogP contribution in [0.15, 0.2) is 60.7 Å². The van der Waals surface area contributed by atoms with Crippen LogP contribution in [-0.2, 0) is 30.4 Å². The van der Waals surface area contributed by atoms with Crippen LogP contribution in [0.4, 0.5) is 0 Å². The lowest BCUT2D eigenvalue weighted by Crippen LogP contribution is -2.29. The zero-order valence-electron chi connectivity index (χ0n) is 14.4. The molecule has 0 aliphatic rings. The van der Waals surface area contributed by atoms with Gasteiger partial charge in [-0.05, 0) is 17.7 Å². The minimum absolute atomic E-state index is 0.0150. The quantitative estimate of drug-likeness (QED) is 0.534. The highest BCUT2D eigenvalue weighted by molar-refractivity contribution is 5.91. The van der Waals surface area contributed by atoms with Crippen molar-refractivity contribution in [1.82, 2.24) is 0 Å². The lowest BCUT2D eigenvalue weighted by atomic mass is 10.2. The molecule has 0 aliphatic heterocycles. The summed E-state index contributed by atoms with van der Waals surface area (Å²) in [5.74, 6) is -1.86. The Morgan fingerprint density at radius 2 is 1.54 bits per heavy atom. The molecule has 2 rings (SSSR count). The molecule has 0 aromatic heterocycles. The van der Waals surface area contributed by atoms with Gasteiger partial charge in [0.2, 0.25) is 0 Å². The normalized spacial score (nSPS) is 11.3. The first-order valence-electron chi connectivity index (χ1n) is 8.13. The van der Waals surface area contributed by atoms with Crippen molar-refractivity contribution in [3.63, 3.8) is 0 Å². The van der Waals surface area contributed by atoms with E-state index in [1.54, 1.807) is 30.3 Å². The van der Waals surface area contributed by atoms with Crippen molar-refractivity contribution in [1.29, 1.82) is 0 Å². The largest absolute Gasteiger partial charge is 0.466 e. The molecule has 0 radical (unpaired) electrons. The Balaban J connectivity index is 1.86. The first-order chi connectivity index (χ1) is 12.6. The number of ether oxygens (including phenoxy) is 3. The minimum atomic E-state index is -1.17. The number of esters is 3. The van der Waals surface area contributed by atoms with Gasteiger partial charge in [0.15, 0.2) is 6.10 Å². The third kappa shape index (κ3) is 6.05. The highest BCUT2D eigenvalue weighted by atomic mass is 16.6. The number of benzene rings is 2. The summed E-state index contributed by atoms with van der Waals surface area (Å²) in [7, 11) is 1.19. The highest BCUT2D eigenvalue weighted by Gasteiger charge is 2.25. The van der Waals surface area contributed by atoms with Crippen LogP contribution >= 0.6 is 0 Å². The Kier molecular flexibility index (Phi) is 7.36. The number of hydrogen-bond donors (Lipinski definition) is 0. The van der Waals surface area contributed by atoms with E-state index in [0.29, 0.717) is 5.56 Å². The van der Waals surface area contributed by atoms with Crippen molar-refractivity contribution in [3.8, 4) is 0 Å². The molecular formula is C20H20O6. The van der Waals surface area contributed by atoms with E-state index in [1.807, 2.05) is 30.3 Å². The Morgan fingerprint density at radius 1 is 0.923 bits per heavy atom. The molecule has 6 nitrogen and oxygen atoms in total. The molecule has 0 heterocycles. The highest BCUT2D eigenvalue weighted by Crippen LogP contribution is 2.11. The molecule has 26 heavy (non-hydrogen) atoms. The van der Waals surface area contributed by atoms with Gasteiger partial charge in [-0.25, -0.2) is 9.59 Å². The van der Waals surface area contributed by atoms with Gasteiger partial charge in [0.25, 0.3) is 0 Å². The molecule has 0 amide bonds. The van der Waals surface area contributed by atoms with E-state index < -0.39 is 24.0 Å². The maximum absolute atomic E-state index is 12.1. The summed E-state index contributed by atoms with van der Waals surface area (Å²) in [5.41, 5.74) is 1.17. The van der Waals surface area contributed by atoms with Gasteiger partial charge in [-0.2, -0.15) is 0 Å². The summed E-state index contributed by atoms with van der Waals surface area (Å²) in [5, 5.41) is 0. The monoisotopic (exact) mass is 356 g/mol. The van der Waals surface area contributed by atoms with Gasteiger partial charge in [-0.3, -0.25) is 4.79 Å². The molecule has 0 unspecified atom stereocenters. The summed E-state index contributed by atoms with van der Waals surface area (Å²) in [6.07, 6.45) is -1.26. The van der Waals surface area contributed by atoms with Crippen molar-refractivity contribution in [2.45, 2.75) is 25.6 Å². The van der Waals surface area contributed by atoms with Crippen molar-refractivity contribution in [2.24, 2.45) is 0 Å². The van der Waals surface area contributed by atoms with Gasteiger partial charge in [-0.15, -0.1) is 0 Å². The number of carbonyl (C=O) groups excluding carboxylic acids is 3. The molecule has 136 valence electrons. The summed E-state index contributed by atoms with van der Waals surface area (Å²) < 4.78 is 15.0. The summed E-state index contributed by atoms with van der Waals surface area (Å²) in [6, 6.07) is 17.5. The van der Waals surface area contributed by atoms with Crippen LogP contribution in [0.25, 0.3) is 0 Å². The fraction of sp³-hybridized carbons (Fsp3) is 0.250. The van der Waals surface area contributed by atoms with Gasteiger partial charge < -0.3 is 14.2 Å². The van der Waals surface area contributed by atoms with E-state index in [4.69, 9.17) is 9.47 Å². The first-order valence-corrected chi connectivity index (χ1v) is 8.13. The minimum Gasteiger partial charge on any atom is -0.466 e. The summed E-state index contributed by atoms with van der Waals surface area (Å²) in [4.78, 5) is 35.8. The lowest BCUT2D eigenvalue weighted by Gasteiger charge is -2.15. The van der Waals surface area contributed by atoms with Crippen LogP contribution in [0.3, 0.4) is 0 Å². The topological polar surface area (TPSA) is 78.9 Å². The third-order valence-electron chi connectivity index (χ3n) is 3.58. The van der Waals surface area contributed by atoms with Crippen molar-refractivity contribution >= 4 is 17.9 Å². The molecule has 0 saturated carbocycles. The zero-order valence-corrected chi connectivity index (χ0v) is 14.4. The Bertz CT molecular complexity index is 726. The average molecular weight is 356 g/mol. The maximum atomic E-state index is 12.1. The fourth-order valence-corrected chi connectivity index (χ4v) is 2.19. The van der Waals surface area contributed by atoms with Crippen LogP contribution in [0, 0.1) is 0 Å². The Labute approximate surface area is 151 Å². The summed E-state index contributed by atoms with van der Waals surface area (Å²) >= 11 is 0. The lowest BCUT2D eigenvalue weighted by molar-refractivity contribution is -0.153. The molecule has 0 aliphatic carbocycles. The second kappa shape index (κ2) is 9.98. The van der Waals surface area contributed by atoms with Crippen molar-refractivity contribution in [2.75, 3.05) is 7.11 Å². The number of hydrogen-bond acceptors (Lipinski definition) is 6. The molecule has 2 aromatic carbocycles. The molecule has 0 N–H and O–H groups in total. The Morgan fingerprint density at radius 3 is 2.15 bits per heavy atom. The van der Waals surface area contributed by atoms with Crippen LogP contribution < -0.4 is 0 Å². The molecule has 0 fully saturated rings. The van der Waals surface area contributed by atoms with Gasteiger partial charge in [0.1, 0.15) is 6.61 Å². The van der Waals surface area contributed by atoms with Crippen LogP contribution in [0.5, 0.6) is 0 Å². The molecule has 1 atom stereocenters. The van der Waals surface area contributed by atoms with E-state index in [0.717, 1.165) is 5.56 Å². The van der Waals surface area contributed by atoms with Gasteiger partial charge >= 0.3 is 17.9 Å². The maximum Gasteiger partial charge on any atom is 0.347 e. The Hall–Kier alpha value is -3.15. The SMILES string of the molecule is COC(=O)[C@H](CCC(=O)OCc1ccccc1)OC(=O)c1ccccc1. The van der Waals surface area contributed by atoms with E-state index in [2.05, 4.69) is 4.74 Å². The van der Waals surface area contributed by atoms with Crippen molar-refractivity contribution < 1.29 is 28.6 Å².